The minimum atomic E-state index is -0.601. The van der Waals surface area contributed by atoms with Gasteiger partial charge in [0.05, 0.1) is 5.69 Å². The molecule has 1 heterocycles. The number of anilines is 1. The molecule has 0 unspecified atom stereocenters. The summed E-state index contributed by atoms with van der Waals surface area (Å²) >= 11 is 5.65. The van der Waals surface area contributed by atoms with Gasteiger partial charge in [-0.1, -0.05) is 23.7 Å². The highest BCUT2D eigenvalue weighted by Gasteiger charge is 2.06. The number of para-hydroxylation sites is 2. The molecule has 110 valence electrons. The van der Waals surface area contributed by atoms with Gasteiger partial charge >= 0.3 is 0 Å². The largest absolute Gasteiger partial charge is 0.437 e. The third-order valence-corrected chi connectivity index (χ3v) is 3.11. The fourth-order valence-electron chi connectivity index (χ4n) is 1.87. The topological polar surface area (TPSA) is 55.1 Å². The van der Waals surface area contributed by atoms with Crippen LogP contribution < -0.4 is 5.32 Å². The van der Waals surface area contributed by atoms with Crippen LogP contribution in [0.15, 0.2) is 53.0 Å². The number of carbonyl (C=O) groups excluding carboxylic acids is 1. The Morgan fingerprint density at radius 3 is 2.86 bits per heavy atom. The molecule has 0 atom stereocenters. The van der Waals surface area contributed by atoms with Crippen LogP contribution >= 0.6 is 11.6 Å². The number of fused-ring (bicyclic) bond motifs is 1. The molecular formula is C16H10ClFN2O2. The van der Waals surface area contributed by atoms with Crippen molar-refractivity contribution in [2.45, 2.75) is 0 Å². The van der Waals surface area contributed by atoms with Crippen LogP contribution in [0.4, 0.5) is 10.1 Å². The predicted molar refractivity (Wildman–Crippen MR) is 83.1 cm³/mol. The Morgan fingerprint density at radius 2 is 2.09 bits per heavy atom. The van der Waals surface area contributed by atoms with Crippen molar-refractivity contribution in [1.29, 1.82) is 0 Å². The third kappa shape index (κ3) is 3.15. The molecule has 0 fully saturated rings. The lowest BCUT2D eigenvalue weighted by Gasteiger charge is -2.03. The van der Waals surface area contributed by atoms with Gasteiger partial charge in [-0.3, -0.25) is 4.79 Å². The maximum absolute atomic E-state index is 13.6. The van der Waals surface area contributed by atoms with Gasteiger partial charge in [0.1, 0.15) is 11.3 Å². The molecule has 2 aromatic carbocycles. The van der Waals surface area contributed by atoms with Gasteiger partial charge in [0.15, 0.2) is 5.58 Å². The third-order valence-electron chi connectivity index (χ3n) is 2.88. The summed E-state index contributed by atoms with van der Waals surface area (Å²) in [5.41, 5.74) is 1.38. The van der Waals surface area contributed by atoms with Gasteiger partial charge < -0.3 is 9.73 Å². The van der Waals surface area contributed by atoms with Crippen molar-refractivity contribution in [3.63, 3.8) is 0 Å². The highest BCUT2D eigenvalue weighted by atomic mass is 35.5. The zero-order chi connectivity index (χ0) is 15.5. The molecule has 6 heteroatoms. The van der Waals surface area contributed by atoms with E-state index >= 15 is 0 Å². The first-order valence-corrected chi connectivity index (χ1v) is 6.79. The number of rotatable bonds is 3. The van der Waals surface area contributed by atoms with Crippen molar-refractivity contribution in [2.75, 3.05) is 5.32 Å². The minimum Gasteiger partial charge on any atom is -0.437 e. The van der Waals surface area contributed by atoms with Gasteiger partial charge in [0, 0.05) is 17.2 Å². The average Bonchev–Trinajstić information content (AvgIpc) is 2.91. The van der Waals surface area contributed by atoms with E-state index in [1.807, 2.05) is 12.1 Å². The van der Waals surface area contributed by atoms with E-state index in [0.29, 0.717) is 17.0 Å². The van der Waals surface area contributed by atoms with Crippen LogP contribution in [0.2, 0.25) is 5.02 Å². The lowest BCUT2D eigenvalue weighted by atomic mass is 10.3. The smallest absolute Gasteiger partial charge is 0.248 e. The number of aromatic nitrogens is 1. The fourth-order valence-corrected chi connectivity index (χ4v) is 2.03. The molecule has 0 bridgehead atoms. The summed E-state index contributed by atoms with van der Waals surface area (Å²) in [5, 5.41) is 2.67. The summed E-state index contributed by atoms with van der Waals surface area (Å²) in [6.45, 7) is 0. The molecule has 0 radical (unpaired) electrons. The Morgan fingerprint density at radius 1 is 1.27 bits per heavy atom. The molecule has 22 heavy (non-hydrogen) atoms. The second kappa shape index (κ2) is 5.99. The Hall–Kier alpha value is -2.66. The van der Waals surface area contributed by atoms with Gasteiger partial charge in [-0.05, 0) is 30.3 Å². The molecule has 4 nitrogen and oxygen atoms in total. The number of carbonyl (C=O) groups is 1. The molecule has 1 amide bonds. The van der Waals surface area contributed by atoms with Crippen molar-refractivity contribution >= 4 is 40.4 Å². The SMILES string of the molecule is O=C(/C=C/c1nc2ccccc2o1)Nc1ccc(Cl)cc1F. The first kappa shape index (κ1) is 14.3. The van der Waals surface area contributed by atoms with Crippen LogP contribution in [-0.2, 0) is 4.79 Å². The number of benzene rings is 2. The van der Waals surface area contributed by atoms with E-state index in [9.17, 15) is 9.18 Å². The molecule has 0 aliphatic heterocycles. The van der Waals surface area contributed by atoms with Crippen LogP contribution in [0.3, 0.4) is 0 Å². The maximum Gasteiger partial charge on any atom is 0.248 e. The van der Waals surface area contributed by atoms with E-state index in [2.05, 4.69) is 10.3 Å². The summed E-state index contributed by atoms with van der Waals surface area (Å²) in [6.07, 6.45) is 2.64. The summed E-state index contributed by atoms with van der Waals surface area (Å²) in [5.74, 6) is -0.799. The van der Waals surface area contributed by atoms with Crippen LogP contribution in [0.1, 0.15) is 5.89 Å². The van der Waals surface area contributed by atoms with Crippen molar-refractivity contribution in [3.05, 3.63) is 65.3 Å². The Balaban J connectivity index is 1.73. The van der Waals surface area contributed by atoms with Crippen molar-refractivity contribution in [3.8, 4) is 0 Å². The van der Waals surface area contributed by atoms with Crippen molar-refractivity contribution in [2.24, 2.45) is 0 Å². The zero-order valence-corrected chi connectivity index (χ0v) is 12.0. The van der Waals surface area contributed by atoms with Crippen LogP contribution in [0.25, 0.3) is 17.2 Å². The summed E-state index contributed by atoms with van der Waals surface area (Å²) in [7, 11) is 0. The van der Waals surface area contributed by atoms with Crippen molar-refractivity contribution in [1.82, 2.24) is 4.98 Å². The molecule has 1 aromatic heterocycles. The Bertz CT molecular complexity index is 840. The lowest BCUT2D eigenvalue weighted by Crippen LogP contribution is -2.09. The van der Waals surface area contributed by atoms with Crippen LogP contribution in [0, 0.1) is 5.82 Å². The Kier molecular flexibility index (Phi) is 3.89. The first-order valence-electron chi connectivity index (χ1n) is 6.41. The number of hydrogen-bond donors (Lipinski definition) is 1. The molecule has 1 N–H and O–H groups in total. The highest BCUT2D eigenvalue weighted by molar-refractivity contribution is 6.30. The number of oxazole rings is 1. The molecule has 3 aromatic rings. The van der Waals surface area contributed by atoms with Gasteiger partial charge in [-0.15, -0.1) is 0 Å². The van der Waals surface area contributed by atoms with Crippen LogP contribution in [0.5, 0.6) is 0 Å². The summed E-state index contributed by atoms with van der Waals surface area (Å²) < 4.78 is 19.0. The normalized spacial score (nSPS) is 11.2. The van der Waals surface area contributed by atoms with E-state index in [4.69, 9.17) is 16.0 Å². The second-order valence-electron chi connectivity index (χ2n) is 4.47. The molecule has 0 aliphatic carbocycles. The molecule has 0 spiro atoms. The standard InChI is InChI=1S/C16H10ClFN2O2/c17-10-5-6-12(11(18)9-10)19-15(21)7-8-16-20-13-3-1-2-4-14(13)22-16/h1-9H,(H,19,21)/b8-7+. The van der Waals surface area contributed by atoms with Gasteiger partial charge in [0.25, 0.3) is 0 Å². The Labute approximate surface area is 130 Å². The van der Waals surface area contributed by atoms with Gasteiger partial charge in [-0.2, -0.15) is 0 Å². The number of nitrogens with one attached hydrogen (secondary N) is 1. The lowest BCUT2D eigenvalue weighted by molar-refractivity contribution is -0.111. The van der Waals surface area contributed by atoms with E-state index in [1.54, 1.807) is 12.1 Å². The summed E-state index contributed by atoms with van der Waals surface area (Å²) in [6, 6.07) is 11.3. The monoisotopic (exact) mass is 316 g/mol. The number of halogens is 2. The number of nitrogens with zero attached hydrogens (tertiary/aromatic N) is 1. The second-order valence-corrected chi connectivity index (χ2v) is 4.90. The van der Waals surface area contributed by atoms with Gasteiger partial charge in [0.2, 0.25) is 11.8 Å². The molecule has 0 saturated carbocycles. The van der Waals surface area contributed by atoms with Crippen LogP contribution in [-0.4, -0.2) is 10.9 Å². The fraction of sp³-hybridized carbons (Fsp3) is 0. The molecule has 0 saturated heterocycles. The highest BCUT2D eigenvalue weighted by Crippen LogP contribution is 2.19. The molecule has 0 aliphatic rings. The van der Waals surface area contributed by atoms with Crippen molar-refractivity contribution < 1.29 is 13.6 Å². The summed E-state index contributed by atoms with van der Waals surface area (Å²) in [4.78, 5) is 16.0. The van der Waals surface area contributed by atoms with E-state index < -0.39 is 11.7 Å². The molecular weight excluding hydrogens is 307 g/mol. The van der Waals surface area contributed by atoms with E-state index in [1.165, 1.54) is 24.3 Å². The average molecular weight is 317 g/mol. The number of amides is 1. The predicted octanol–water partition coefficient (Wildman–Crippen LogP) is 4.27. The number of hydrogen-bond acceptors (Lipinski definition) is 3. The zero-order valence-electron chi connectivity index (χ0n) is 11.2. The van der Waals surface area contributed by atoms with E-state index in [0.717, 1.165) is 6.07 Å². The molecule has 3 rings (SSSR count). The van der Waals surface area contributed by atoms with Gasteiger partial charge in [-0.25, -0.2) is 9.37 Å². The quantitative estimate of drug-likeness (QED) is 0.734. The first-order chi connectivity index (χ1) is 10.6. The van der Waals surface area contributed by atoms with E-state index in [-0.39, 0.29) is 10.7 Å². The maximum atomic E-state index is 13.6. The minimum absolute atomic E-state index is 0.0524.